The number of nitrogens with one attached hydrogen (secondary N) is 1. The average molecular weight is 470 g/mol. The normalized spacial score (nSPS) is 17.8. The second-order valence-electron chi connectivity index (χ2n) is 6.13. The van der Waals surface area contributed by atoms with Crippen molar-refractivity contribution >= 4 is 29.9 Å². The number of benzene rings is 1. The van der Waals surface area contributed by atoms with Gasteiger partial charge in [0, 0.05) is 39.8 Å². The van der Waals surface area contributed by atoms with E-state index in [1.54, 1.807) is 7.05 Å². The molecule has 1 aromatic carbocycles. The van der Waals surface area contributed by atoms with Crippen molar-refractivity contribution in [2.75, 3.05) is 33.2 Å². The van der Waals surface area contributed by atoms with Gasteiger partial charge in [0.2, 0.25) is 0 Å². The van der Waals surface area contributed by atoms with Crippen molar-refractivity contribution in [2.24, 2.45) is 4.99 Å². The van der Waals surface area contributed by atoms with E-state index in [0.717, 1.165) is 11.5 Å². The van der Waals surface area contributed by atoms with Gasteiger partial charge in [0.15, 0.2) is 5.96 Å². The van der Waals surface area contributed by atoms with Gasteiger partial charge < -0.3 is 10.2 Å². The predicted molar refractivity (Wildman–Crippen MR) is 105 cm³/mol. The molecule has 0 aromatic heterocycles. The molecule has 1 fully saturated rings. The van der Waals surface area contributed by atoms with E-state index in [0.29, 0.717) is 32.7 Å². The van der Waals surface area contributed by atoms with Gasteiger partial charge in [-0.2, -0.15) is 13.2 Å². The highest BCUT2D eigenvalue weighted by atomic mass is 127. The smallest absolute Gasteiger partial charge is 0.352 e. The molecule has 0 amide bonds. The fourth-order valence-electron chi connectivity index (χ4n) is 2.75. The summed E-state index contributed by atoms with van der Waals surface area (Å²) in [5, 5.41) is 3.28. The first-order valence-electron chi connectivity index (χ1n) is 8.13. The van der Waals surface area contributed by atoms with Crippen LogP contribution in [0.5, 0.6) is 0 Å². The number of aryl methyl sites for hydroxylation is 1. The van der Waals surface area contributed by atoms with Crippen molar-refractivity contribution in [3.63, 3.8) is 0 Å². The molecular weight excluding hydrogens is 444 g/mol. The Morgan fingerprint density at radius 3 is 2.20 bits per heavy atom. The van der Waals surface area contributed by atoms with Crippen LogP contribution >= 0.6 is 24.0 Å². The summed E-state index contributed by atoms with van der Waals surface area (Å²) in [5.74, 6) is 0.731. The molecule has 1 aliphatic rings. The fourth-order valence-corrected chi connectivity index (χ4v) is 2.75. The zero-order valence-corrected chi connectivity index (χ0v) is 17.1. The molecule has 1 atom stereocenters. The lowest BCUT2D eigenvalue weighted by atomic mass is 10.1. The maximum absolute atomic E-state index is 12.8. The topological polar surface area (TPSA) is 30.9 Å². The highest BCUT2D eigenvalue weighted by Crippen LogP contribution is 2.25. The molecule has 142 valence electrons. The Morgan fingerprint density at radius 1 is 1.16 bits per heavy atom. The molecule has 1 unspecified atom stereocenters. The van der Waals surface area contributed by atoms with E-state index in [1.807, 2.05) is 11.8 Å². The van der Waals surface area contributed by atoms with Gasteiger partial charge in [0.1, 0.15) is 6.04 Å². The third kappa shape index (κ3) is 6.32. The summed E-state index contributed by atoms with van der Waals surface area (Å²) in [5.41, 5.74) is 2.35. The molecule has 0 bridgehead atoms. The zero-order chi connectivity index (χ0) is 17.7. The second-order valence-corrected chi connectivity index (χ2v) is 6.13. The lowest BCUT2D eigenvalue weighted by Crippen LogP contribution is -2.56. The van der Waals surface area contributed by atoms with Crippen LogP contribution in [-0.4, -0.2) is 61.2 Å². The number of aliphatic imine (C=N–C) groups is 1. The van der Waals surface area contributed by atoms with Gasteiger partial charge in [-0.05, 0) is 19.4 Å². The molecule has 0 radical (unpaired) electrons. The molecular formula is C17H26F3IN4. The molecule has 2 rings (SSSR count). The summed E-state index contributed by atoms with van der Waals surface area (Å²) in [4.78, 5) is 7.74. The summed E-state index contributed by atoms with van der Waals surface area (Å²) in [6.07, 6.45) is -4.17. The maximum Gasteiger partial charge on any atom is 0.403 e. The number of alkyl halides is 3. The van der Waals surface area contributed by atoms with E-state index in [4.69, 9.17) is 0 Å². The van der Waals surface area contributed by atoms with Crippen LogP contribution in [0.15, 0.2) is 29.3 Å². The van der Waals surface area contributed by atoms with Crippen LogP contribution < -0.4 is 5.32 Å². The average Bonchev–Trinajstić information content (AvgIpc) is 2.56. The molecule has 0 spiro atoms. The molecule has 25 heavy (non-hydrogen) atoms. The second kappa shape index (κ2) is 9.61. The third-order valence-electron chi connectivity index (χ3n) is 4.42. The number of rotatable bonds is 3. The van der Waals surface area contributed by atoms with E-state index in [2.05, 4.69) is 34.6 Å². The van der Waals surface area contributed by atoms with E-state index in [9.17, 15) is 13.2 Å². The molecule has 1 aromatic rings. The number of guanidine groups is 1. The Bertz CT molecular complexity index is 552. The van der Waals surface area contributed by atoms with Gasteiger partial charge in [-0.1, -0.05) is 29.8 Å². The van der Waals surface area contributed by atoms with E-state index >= 15 is 0 Å². The molecule has 8 heteroatoms. The number of nitrogens with zero attached hydrogens (tertiary/aromatic N) is 3. The van der Waals surface area contributed by atoms with Crippen LogP contribution in [-0.2, 0) is 6.54 Å². The Kier molecular flexibility index (Phi) is 8.46. The summed E-state index contributed by atoms with van der Waals surface area (Å²) in [6, 6.07) is 6.81. The molecule has 1 heterocycles. The fraction of sp³-hybridized carbons (Fsp3) is 0.588. The third-order valence-corrected chi connectivity index (χ3v) is 4.42. The van der Waals surface area contributed by atoms with Gasteiger partial charge in [0.25, 0.3) is 0 Å². The van der Waals surface area contributed by atoms with Crippen molar-refractivity contribution in [1.82, 2.24) is 15.1 Å². The summed E-state index contributed by atoms with van der Waals surface area (Å²) in [7, 11) is 1.70. The lowest BCUT2D eigenvalue weighted by molar-refractivity contribution is -0.181. The van der Waals surface area contributed by atoms with Gasteiger partial charge in [0.05, 0.1) is 0 Å². The largest absolute Gasteiger partial charge is 0.403 e. The summed E-state index contributed by atoms with van der Waals surface area (Å²) < 4.78 is 38.4. The van der Waals surface area contributed by atoms with E-state index < -0.39 is 12.2 Å². The van der Waals surface area contributed by atoms with Crippen molar-refractivity contribution in [2.45, 2.75) is 32.6 Å². The zero-order valence-electron chi connectivity index (χ0n) is 14.8. The lowest BCUT2D eigenvalue weighted by Gasteiger charge is -2.39. The van der Waals surface area contributed by atoms with Gasteiger partial charge in [-0.15, -0.1) is 24.0 Å². The minimum absolute atomic E-state index is 0. The highest BCUT2D eigenvalue weighted by Gasteiger charge is 2.41. The monoisotopic (exact) mass is 470 g/mol. The van der Waals surface area contributed by atoms with Crippen LogP contribution in [0.25, 0.3) is 0 Å². The molecule has 1 saturated heterocycles. The first-order chi connectivity index (χ1) is 11.3. The van der Waals surface area contributed by atoms with Crippen LogP contribution in [0.1, 0.15) is 18.1 Å². The minimum Gasteiger partial charge on any atom is -0.352 e. The first-order valence-corrected chi connectivity index (χ1v) is 8.13. The summed E-state index contributed by atoms with van der Waals surface area (Å²) >= 11 is 0. The highest BCUT2D eigenvalue weighted by molar-refractivity contribution is 14.0. The maximum atomic E-state index is 12.8. The van der Waals surface area contributed by atoms with Gasteiger partial charge in [-0.25, -0.2) is 0 Å². The standard InChI is InChI=1S/C17H25F3N4.HI/c1-13-4-6-15(7-5-13)12-22-16(21-3)24-10-8-23(9-11-24)14(2)17(18,19)20;/h4-7,14H,8-12H2,1-3H3,(H,21,22);1H. The van der Waals surface area contributed by atoms with Crippen molar-refractivity contribution in [1.29, 1.82) is 0 Å². The van der Waals surface area contributed by atoms with E-state index in [-0.39, 0.29) is 24.0 Å². The molecule has 0 saturated carbocycles. The quantitative estimate of drug-likeness (QED) is 0.418. The van der Waals surface area contributed by atoms with Crippen LogP contribution in [0.4, 0.5) is 13.2 Å². The van der Waals surface area contributed by atoms with Crippen LogP contribution in [0.3, 0.4) is 0 Å². The Hall–Kier alpha value is -1.03. The van der Waals surface area contributed by atoms with Crippen molar-refractivity contribution in [3.8, 4) is 0 Å². The number of hydrogen-bond donors (Lipinski definition) is 1. The van der Waals surface area contributed by atoms with Gasteiger partial charge >= 0.3 is 6.18 Å². The van der Waals surface area contributed by atoms with E-state index in [1.165, 1.54) is 17.4 Å². The summed E-state index contributed by atoms with van der Waals surface area (Å²) in [6.45, 7) is 5.74. The Balaban J connectivity index is 0.00000312. The molecule has 1 N–H and O–H groups in total. The first kappa shape index (κ1) is 22.0. The molecule has 4 nitrogen and oxygen atoms in total. The number of hydrogen-bond acceptors (Lipinski definition) is 2. The van der Waals surface area contributed by atoms with Gasteiger partial charge in [-0.3, -0.25) is 9.89 Å². The predicted octanol–water partition coefficient (Wildman–Crippen LogP) is 3.26. The van der Waals surface area contributed by atoms with Crippen molar-refractivity contribution in [3.05, 3.63) is 35.4 Å². The van der Waals surface area contributed by atoms with Crippen LogP contribution in [0, 0.1) is 6.92 Å². The Morgan fingerprint density at radius 2 is 1.72 bits per heavy atom. The molecule has 1 aliphatic heterocycles. The van der Waals surface area contributed by atoms with Crippen LogP contribution in [0.2, 0.25) is 0 Å². The Labute approximate surface area is 164 Å². The SMILES string of the molecule is CN=C(NCc1ccc(C)cc1)N1CCN(C(C)C(F)(F)F)CC1.I. The van der Waals surface area contributed by atoms with Crippen molar-refractivity contribution < 1.29 is 13.2 Å². The number of piperazine rings is 1. The molecule has 0 aliphatic carbocycles. The number of halogens is 4. The minimum atomic E-state index is -4.17.